The van der Waals surface area contributed by atoms with E-state index in [4.69, 9.17) is 13.6 Å². The number of hydrogen-bond acceptors (Lipinski definition) is 3. The van der Waals surface area contributed by atoms with Crippen LogP contribution in [0.15, 0.2) is 0 Å². The van der Waals surface area contributed by atoms with Crippen LogP contribution >= 0.6 is 8.60 Å². The molecule has 0 saturated heterocycles. The normalized spacial score (nSPS) is 49.5. The third-order valence-electron chi connectivity index (χ3n) is 9.84. The van der Waals surface area contributed by atoms with Gasteiger partial charge in [0.15, 0.2) is 0 Å². The van der Waals surface area contributed by atoms with Gasteiger partial charge in [-0.05, 0) is 111 Å². The van der Waals surface area contributed by atoms with Crippen LogP contribution in [-0.4, -0.2) is 19.8 Å². The molecule has 6 bridgehead atoms. The van der Waals surface area contributed by atoms with Crippen molar-refractivity contribution in [1.29, 1.82) is 0 Å². The number of hydrogen-bond donors (Lipinski definition) is 0. The van der Waals surface area contributed by atoms with E-state index >= 15 is 0 Å². The third kappa shape index (κ3) is 3.83. The van der Waals surface area contributed by atoms with Gasteiger partial charge in [0.2, 0.25) is 0 Å². The molecule has 158 valence electrons. The summed E-state index contributed by atoms with van der Waals surface area (Å²) in [7, 11) is -1.14. The summed E-state index contributed by atoms with van der Waals surface area (Å²) in [4.78, 5) is 0. The zero-order valence-electron chi connectivity index (χ0n) is 17.5. The molecule has 0 aliphatic heterocycles. The first-order valence-electron chi connectivity index (χ1n) is 12.5. The zero-order chi connectivity index (χ0) is 18.5. The van der Waals surface area contributed by atoms with Gasteiger partial charge in [0, 0.05) is 0 Å². The Kier molecular flexibility index (Phi) is 5.51. The van der Waals surface area contributed by atoms with Crippen molar-refractivity contribution in [2.45, 2.75) is 77.0 Å². The lowest BCUT2D eigenvalue weighted by atomic mass is 9.90. The minimum Gasteiger partial charge on any atom is -0.312 e. The highest BCUT2D eigenvalue weighted by Crippen LogP contribution is 2.54. The minimum absolute atomic E-state index is 0.779. The van der Waals surface area contributed by atoms with E-state index in [0.29, 0.717) is 0 Å². The standard InChI is InChI=1S/C24H39O3P/c1-4-19-7-16(1)10-22(19)13-25-28(26-14-23-11-17-2-5-20(23)8-17)27-15-24-12-18-3-6-21(24)9-18/h16-24H,1-15H2. The maximum absolute atomic E-state index is 6.38. The van der Waals surface area contributed by atoms with Gasteiger partial charge in [0.25, 0.3) is 0 Å². The molecule has 3 nitrogen and oxygen atoms in total. The Morgan fingerprint density at radius 1 is 0.464 bits per heavy atom. The Hall–Kier alpha value is 0.310. The number of rotatable bonds is 9. The van der Waals surface area contributed by atoms with Crippen LogP contribution in [0.2, 0.25) is 0 Å². The molecule has 0 spiro atoms. The quantitative estimate of drug-likeness (QED) is 0.405. The predicted molar refractivity (Wildman–Crippen MR) is 112 cm³/mol. The van der Waals surface area contributed by atoms with Crippen molar-refractivity contribution >= 4 is 8.60 Å². The monoisotopic (exact) mass is 406 g/mol. The second-order valence-corrected chi connectivity index (χ2v) is 12.6. The molecule has 6 fully saturated rings. The van der Waals surface area contributed by atoms with E-state index in [1.54, 1.807) is 0 Å². The van der Waals surface area contributed by atoms with Crippen LogP contribution in [0.1, 0.15) is 77.0 Å². The molecule has 0 aromatic heterocycles. The van der Waals surface area contributed by atoms with Gasteiger partial charge in [-0.3, -0.25) is 0 Å². The summed E-state index contributed by atoms with van der Waals surface area (Å²) in [5.41, 5.74) is 0. The van der Waals surface area contributed by atoms with Crippen LogP contribution in [0, 0.1) is 53.3 Å². The van der Waals surface area contributed by atoms with Gasteiger partial charge in [-0.2, -0.15) is 0 Å². The summed E-state index contributed by atoms with van der Waals surface area (Å²) in [5.74, 6) is 8.11. The fourth-order valence-electron chi connectivity index (χ4n) is 8.32. The Morgan fingerprint density at radius 2 is 0.821 bits per heavy atom. The molecular weight excluding hydrogens is 367 g/mol. The Labute approximate surface area is 172 Å². The minimum atomic E-state index is -1.14. The Balaban J connectivity index is 1.01. The highest BCUT2D eigenvalue weighted by Gasteiger charge is 2.43. The maximum Gasteiger partial charge on any atom is 0.332 e. The van der Waals surface area contributed by atoms with E-state index in [-0.39, 0.29) is 0 Å². The van der Waals surface area contributed by atoms with E-state index in [0.717, 1.165) is 73.1 Å². The molecule has 9 atom stereocenters. The molecule has 0 aromatic carbocycles. The van der Waals surface area contributed by atoms with Crippen molar-refractivity contribution in [2.75, 3.05) is 19.8 Å². The van der Waals surface area contributed by atoms with Gasteiger partial charge in [-0.25, -0.2) is 0 Å². The predicted octanol–water partition coefficient (Wildman–Crippen LogP) is 6.57. The maximum atomic E-state index is 6.38. The molecule has 6 aliphatic carbocycles. The second-order valence-electron chi connectivity index (χ2n) is 11.4. The highest BCUT2D eigenvalue weighted by atomic mass is 31.2. The SMILES string of the molecule is C1CC2CC1CC2COP(OCC1CC2CCC1C2)OCC1CC2CCC1C2. The van der Waals surface area contributed by atoms with Crippen LogP contribution in [0.5, 0.6) is 0 Å². The van der Waals surface area contributed by atoms with Crippen molar-refractivity contribution in [3.8, 4) is 0 Å². The lowest BCUT2D eigenvalue weighted by Gasteiger charge is -2.28. The second kappa shape index (κ2) is 8.10. The molecule has 4 heteroatoms. The fraction of sp³-hybridized carbons (Fsp3) is 1.00. The van der Waals surface area contributed by atoms with Gasteiger partial charge in [-0.15, -0.1) is 0 Å². The summed E-state index contributed by atoms with van der Waals surface area (Å²) < 4.78 is 19.1. The molecule has 28 heavy (non-hydrogen) atoms. The van der Waals surface area contributed by atoms with E-state index < -0.39 is 8.60 Å². The molecule has 0 radical (unpaired) electrons. The van der Waals surface area contributed by atoms with Crippen LogP contribution < -0.4 is 0 Å². The molecule has 0 N–H and O–H groups in total. The lowest BCUT2D eigenvalue weighted by Crippen LogP contribution is -2.20. The summed E-state index contributed by atoms with van der Waals surface area (Å²) in [6, 6.07) is 0. The Morgan fingerprint density at radius 3 is 1.07 bits per heavy atom. The van der Waals surface area contributed by atoms with Crippen molar-refractivity contribution in [3.63, 3.8) is 0 Å². The first-order valence-corrected chi connectivity index (χ1v) is 13.6. The van der Waals surface area contributed by atoms with Crippen LogP contribution in [0.3, 0.4) is 0 Å². The van der Waals surface area contributed by atoms with Gasteiger partial charge in [0.05, 0.1) is 19.8 Å². The third-order valence-corrected chi connectivity index (χ3v) is 10.9. The van der Waals surface area contributed by atoms with Crippen molar-refractivity contribution < 1.29 is 13.6 Å². The van der Waals surface area contributed by atoms with Crippen LogP contribution in [0.25, 0.3) is 0 Å². The molecule has 0 heterocycles. The molecule has 0 amide bonds. The van der Waals surface area contributed by atoms with Crippen molar-refractivity contribution in [1.82, 2.24) is 0 Å². The van der Waals surface area contributed by atoms with Crippen LogP contribution in [-0.2, 0) is 13.6 Å². The molecular formula is C24H39O3P. The lowest BCUT2D eigenvalue weighted by molar-refractivity contribution is 0.0908. The van der Waals surface area contributed by atoms with Crippen LogP contribution in [0.4, 0.5) is 0 Å². The molecule has 6 rings (SSSR count). The van der Waals surface area contributed by atoms with E-state index in [9.17, 15) is 0 Å². The first-order chi connectivity index (χ1) is 13.8. The largest absolute Gasteiger partial charge is 0.332 e. The van der Waals surface area contributed by atoms with Crippen molar-refractivity contribution in [3.05, 3.63) is 0 Å². The fourth-order valence-corrected chi connectivity index (χ4v) is 9.49. The van der Waals surface area contributed by atoms with Gasteiger partial charge in [-0.1, -0.05) is 19.3 Å². The zero-order valence-corrected chi connectivity index (χ0v) is 18.4. The summed E-state index contributed by atoms with van der Waals surface area (Å²) in [6.07, 6.45) is 17.3. The molecule has 0 aromatic rings. The molecule has 6 aliphatic rings. The average Bonchev–Trinajstić information content (AvgIpc) is 3.54. The highest BCUT2D eigenvalue weighted by molar-refractivity contribution is 7.41. The van der Waals surface area contributed by atoms with Crippen molar-refractivity contribution in [2.24, 2.45) is 53.3 Å². The van der Waals surface area contributed by atoms with Gasteiger partial charge >= 0.3 is 8.60 Å². The topological polar surface area (TPSA) is 27.7 Å². The summed E-state index contributed by atoms with van der Waals surface area (Å²) in [5, 5.41) is 0. The summed E-state index contributed by atoms with van der Waals surface area (Å²) in [6.45, 7) is 2.67. The summed E-state index contributed by atoms with van der Waals surface area (Å²) >= 11 is 0. The smallest absolute Gasteiger partial charge is 0.312 e. The van der Waals surface area contributed by atoms with E-state index in [1.807, 2.05) is 0 Å². The number of fused-ring (bicyclic) bond motifs is 6. The Bertz CT molecular complexity index is 480. The first kappa shape index (κ1) is 19.0. The molecule has 6 saturated carbocycles. The average molecular weight is 407 g/mol. The van der Waals surface area contributed by atoms with E-state index in [1.165, 1.54) is 77.0 Å². The van der Waals surface area contributed by atoms with E-state index in [2.05, 4.69) is 0 Å². The van der Waals surface area contributed by atoms with Gasteiger partial charge < -0.3 is 13.6 Å². The van der Waals surface area contributed by atoms with Gasteiger partial charge in [0.1, 0.15) is 0 Å². The molecule has 9 unspecified atom stereocenters.